The van der Waals surface area contributed by atoms with Crippen molar-refractivity contribution in [2.24, 2.45) is 5.92 Å². The van der Waals surface area contributed by atoms with E-state index >= 15 is 0 Å². The zero-order valence-electron chi connectivity index (χ0n) is 16.3. The van der Waals surface area contributed by atoms with Crippen molar-refractivity contribution in [1.29, 1.82) is 0 Å². The Bertz CT molecular complexity index is 951. The molecule has 3 aromatic rings. The minimum Gasteiger partial charge on any atom is -0.335 e. The molecule has 0 radical (unpaired) electrons. The lowest BCUT2D eigenvalue weighted by atomic mass is 9.86. The smallest absolute Gasteiger partial charge is 0.223 e. The van der Waals surface area contributed by atoms with Crippen molar-refractivity contribution >= 4 is 17.2 Å². The Labute approximate surface area is 170 Å². The minimum absolute atomic E-state index is 0.167. The van der Waals surface area contributed by atoms with Crippen LogP contribution in [0.15, 0.2) is 54.2 Å². The molecule has 4 rings (SSSR count). The SMILES string of the molecule is CC(C)C1c2ccccc2CCN1C(=O)CCc1csc(-c2ccncc2)n1. The van der Waals surface area contributed by atoms with Crippen LogP contribution >= 0.6 is 11.3 Å². The number of aromatic nitrogens is 2. The van der Waals surface area contributed by atoms with Crippen LogP contribution in [-0.4, -0.2) is 27.3 Å². The predicted molar refractivity (Wildman–Crippen MR) is 113 cm³/mol. The molecule has 3 heterocycles. The van der Waals surface area contributed by atoms with E-state index < -0.39 is 0 Å². The summed E-state index contributed by atoms with van der Waals surface area (Å²) < 4.78 is 0. The summed E-state index contributed by atoms with van der Waals surface area (Å²) in [5.74, 6) is 0.620. The number of rotatable bonds is 5. The van der Waals surface area contributed by atoms with Gasteiger partial charge in [-0.3, -0.25) is 9.78 Å². The summed E-state index contributed by atoms with van der Waals surface area (Å²) in [5.41, 5.74) is 4.76. The molecule has 1 unspecified atom stereocenters. The predicted octanol–water partition coefficient (Wildman–Crippen LogP) is 4.92. The first-order chi connectivity index (χ1) is 13.6. The van der Waals surface area contributed by atoms with Gasteiger partial charge in [0.25, 0.3) is 0 Å². The average Bonchev–Trinajstić information content (AvgIpc) is 3.20. The lowest BCUT2D eigenvalue weighted by molar-refractivity contribution is -0.135. The molecule has 144 valence electrons. The van der Waals surface area contributed by atoms with E-state index in [1.807, 2.05) is 12.1 Å². The van der Waals surface area contributed by atoms with Crippen LogP contribution in [0.25, 0.3) is 10.6 Å². The van der Waals surface area contributed by atoms with Gasteiger partial charge in [0.15, 0.2) is 0 Å². The Morgan fingerprint density at radius 1 is 1.21 bits per heavy atom. The fraction of sp³-hybridized carbons (Fsp3) is 0.348. The molecule has 1 atom stereocenters. The Morgan fingerprint density at radius 2 is 2.00 bits per heavy atom. The number of nitrogens with zero attached hydrogens (tertiary/aromatic N) is 3. The fourth-order valence-corrected chi connectivity index (χ4v) is 4.88. The fourth-order valence-electron chi connectivity index (χ4n) is 4.02. The van der Waals surface area contributed by atoms with Crippen LogP contribution in [-0.2, 0) is 17.6 Å². The van der Waals surface area contributed by atoms with Gasteiger partial charge in [-0.2, -0.15) is 0 Å². The van der Waals surface area contributed by atoms with Gasteiger partial charge >= 0.3 is 0 Å². The Hall–Kier alpha value is -2.53. The number of aryl methyl sites for hydroxylation is 1. The lowest BCUT2D eigenvalue weighted by Gasteiger charge is -2.40. The molecule has 0 spiro atoms. The molecule has 0 bridgehead atoms. The van der Waals surface area contributed by atoms with Gasteiger partial charge in [-0.15, -0.1) is 11.3 Å². The largest absolute Gasteiger partial charge is 0.335 e. The monoisotopic (exact) mass is 391 g/mol. The van der Waals surface area contributed by atoms with Crippen LogP contribution in [0.1, 0.15) is 43.1 Å². The molecule has 28 heavy (non-hydrogen) atoms. The van der Waals surface area contributed by atoms with Crippen LogP contribution in [0.4, 0.5) is 0 Å². The third kappa shape index (κ3) is 3.85. The normalized spacial score (nSPS) is 16.2. The summed E-state index contributed by atoms with van der Waals surface area (Å²) in [7, 11) is 0. The van der Waals surface area contributed by atoms with Crippen molar-refractivity contribution in [2.45, 2.75) is 39.2 Å². The Morgan fingerprint density at radius 3 is 2.79 bits per heavy atom. The standard InChI is InChI=1S/C23H25N3OS/c1-16(2)22-20-6-4-3-5-17(20)11-14-26(22)21(27)8-7-19-15-28-23(25-19)18-9-12-24-13-10-18/h3-6,9-10,12-13,15-16,22H,7-8,11,14H2,1-2H3. The summed E-state index contributed by atoms with van der Waals surface area (Å²) in [6, 6.07) is 12.6. The first-order valence-corrected chi connectivity index (χ1v) is 10.7. The number of amides is 1. The Kier molecular flexibility index (Phi) is 5.53. The van der Waals surface area contributed by atoms with E-state index in [2.05, 4.69) is 53.4 Å². The van der Waals surface area contributed by atoms with Crippen LogP contribution in [0.2, 0.25) is 0 Å². The topological polar surface area (TPSA) is 46.1 Å². The van der Waals surface area contributed by atoms with Crippen molar-refractivity contribution in [1.82, 2.24) is 14.9 Å². The number of pyridine rings is 1. The second-order valence-corrected chi connectivity index (χ2v) is 8.46. The number of carbonyl (C=O) groups is 1. The maximum absolute atomic E-state index is 13.1. The van der Waals surface area contributed by atoms with Crippen molar-refractivity contribution in [3.8, 4) is 10.6 Å². The third-order valence-corrected chi connectivity index (χ3v) is 6.30. The van der Waals surface area contributed by atoms with Crippen molar-refractivity contribution in [3.05, 3.63) is 71.0 Å². The van der Waals surface area contributed by atoms with Gasteiger partial charge in [0, 0.05) is 36.3 Å². The van der Waals surface area contributed by atoms with Gasteiger partial charge in [-0.25, -0.2) is 4.98 Å². The van der Waals surface area contributed by atoms with E-state index in [-0.39, 0.29) is 11.9 Å². The summed E-state index contributed by atoms with van der Waals surface area (Å²) in [6.07, 6.45) is 5.68. The van der Waals surface area contributed by atoms with Crippen LogP contribution in [0, 0.1) is 5.92 Å². The quantitative estimate of drug-likeness (QED) is 0.620. The molecular formula is C23H25N3OS. The minimum atomic E-state index is 0.167. The van der Waals surface area contributed by atoms with E-state index in [1.165, 1.54) is 11.1 Å². The van der Waals surface area contributed by atoms with Gasteiger partial charge in [0.2, 0.25) is 5.91 Å². The van der Waals surface area contributed by atoms with Gasteiger partial charge in [0.05, 0.1) is 11.7 Å². The second-order valence-electron chi connectivity index (χ2n) is 7.60. The third-order valence-electron chi connectivity index (χ3n) is 5.36. The number of hydrogen-bond acceptors (Lipinski definition) is 4. The number of hydrogen-bond donors (Lipinski definition) is 0. The highest BCUT2D eigenvalue weighted by atomic mass is 32.1. The van der Waals surface area contributed by atoms with Gasteiger partial charge < -0.3 is 4.90 Å². The molecule has 0 saturated heterocycles. The van der Waals surface area contributed by atoms with Gasteiger partial charge in [-0.05, 0) is 42.0 Å². The number of thiazole rings is 1. The molecule has 0 saturated carbocycles. The van der Waals surface area contributed by atoms with Gasteiger partial charge in [0.1, 0.15) is 5.01 Å². The van der Waals surface area contributed by atoms with E-state index in [0.29, 0.717) is 18.8 Å². The second kappa shape index (κ2) is 8.23. The lowest BCUT2D eigenvalue weighted by Crippen LogP contribution is -2.42. The van der Waals surface area contributed by atoms with E-state index in [9.17, 15) is 4.79 Å². The first kappa shape index (κ1) is 18.8. The van der Waals surface area contributed by atoms with Crippen LogP contribution in [0.5, 0.6) is 0 Å². The van der Waals surface area contributed by atoms with Crippen molar-refractivity contribution < 1.29 is 4.79 Å². The average molecular weight is 392 g/mol. The molecule has 1 aliphatic heterocycles. The number of fused-ring (bicyclic) bond motifs is 1. The molecule has 1 amide bonds. The molecule has 5 heteroatoms. The van der Waals surface area contributed by atoms with E-state index in [4.69, 9.17) is 4.98 Å². The summed E-state index contributed by atoms with van der Waals surface area (Å²) >= 11 is 1.62. The first-order valence-electron chi connectivity index (χ1n) is 9.85. The summed E-state index contributed by atoms with van der Waals surface area (Å²) in [4.78, 5) is 23.9. The maximum atomic E-state index is 13.1. The highest BCUT2D eigenvalue weighted by molar-refractivity contribution is 7.13. The summed E-state index contributed by atoms with van der Waals surface area (Å²) in [6.45, 7) is 5.21. The van der Waals surface area contributed by atoms with E-state index in [0.717, 1.165) is 29.2 Å². The van der Waals surface area contributed by atoms with Crippen molar-refractivity contribution in [2.75, 3.05) is 6.54 Å². The van der Waals surface area contributed by atoms with Gasteiger partial charge in [-0.1, -0.05) is 38.1 Å². The number of carbonyl (C=O) groups excluding carboxylic acids is 1. The molecular weight excluding hydrogens is 366 g/mol. The molecule has 1 aromatic carbocycles. The highest BCUT2D eigenvalue weighted by Gasteiger charge is 2.32. The molecule has 0 aliphatic carbocycles. The summed E-state index contributed by atoms with van der Waals surface area (Å²) in [5, 5.41) is 3.05. The number of benzene rings is 1. The van der Waals surface area contributed by atoms with Crippen LogP contribution in [0.3, 0.4) is 0 Å². The maximum Gasteiger partial charge on any atom is 0.223 e. The molecule has 1 aliphatic rings. The van der Waals surface area contributed by atoms with E-state index in [1.54, 1.807) is 23.7 Å². The molecule has 4 nitrogen and oxygen atoms in total. The zero-order valence-corrected chi connectivity index (χ0v) is 17.2. The molecule has 0 fully saturated rings. The zero-order chi connectivity index (χ0) is 19.5. The molecule has 2 aromatic heterocycles. The molecule has 0 N–H and O–H groups in total. The Balaban J connectivity index is 1.45. The van der Waals surface area contributed by atoms with Crippen LogP contribution < -0.4 is 0 Å². The highest BCUT2D eigenvalue weighted by Crippen LogP contribution is 2.35. The van der Waals surface area contributed by atoms with Crippen molar-refractivity contribution in [3.63, 3.8) is 0 Å².